The van der Waals surface area contributed by atoms with Gasteiger partial charge in [0.25, 0.3) is 0 Å². The van der Waals surface area contributed by atoms with Crippen molar-refractivity contribution in [2.45, 2.75) is 26.7 Å². The molecule has 1 aliphatic rings. The fourth-order valence-corrected chi connectivity index (χ4v) is 3.02. The van der Waals surface area contributed by atoms with E-state index in [0.717, 1.165) is 13.8 Å². The van der Waals surface area contributed by atoms with Crippen molar-refractivity contribution in [3.05, 3.63) is 0 Å². The Hall–Kier alpha value is -2.12. The average Bonchev–Trinajstić information content (AvgIpc) is 2.24. The summed E-state index contributed by atoms with van der Waals surface area (Å²) in [4.78, 5) is 45.4. The highest BCUT2D eigenvalue weighted by Crippen LogP contribution is 2.61. The van der Waals surface area contributed by atoms with E-state index in [-0.39, 0.29) is 12.8 Å². The van der Waals surface area contributed by atoms with Crippen LogP contribution in [0.15, 0.2) is 0 Å². The second kappa shape index (κ2) is 4.77. The summed E-state index contributed by atoms with van der Waals surface area (Å²) in [7, 11) is 0. The standard InChI is InChI=1S/C12H16O8/c1-5(7(13)14)11(2,9(17)18)12(10(19)20)4-3-6(12)8(15)16/h5-6H,3-4H2,1-2H3,(H,13,14)(H,15,16)(H,17,18)(H,19,20). The van der Waals surface area contributed by atoms with E-state index in [2.05, 4.69) is 0 Å². The maximum absolute atomic E-state index is 11.6. The summed E-state index contributed by atoms with van der Waals surface area (Å²) in [6.07, 6.45) is -0.170. The second-order valence-electron chi connectivity index (χ2n) is 5.27. The highest BCUT2D eigenvalue weighted by Gasteiger charge is 2.71. The van der Waals surface area contributed by atoms with Gasteiger partial charge in [0.05, 0.1) is 22.7 Å². The largest absolute Gasteiger partial charge is 0.481 e. The predicted molar refractivity (Wildman–Crippen MR) is 63.0 cm³/mol. The van der Waals surface area contributed by atoms with E-state index in [0.29, 0.717) is 0 Å². The molecule has 1 aliphatic carbocycles. The van der Waals surface area contributed by atoms with Crippen LogP contribution < -0.4 is 0 Å². The van der Waals surface area contributed by atoms with E-state index in [1.54, 1.807) is 0 Å². The molecule has 0 spiro atoms. The first-order valence-corrected chi connectivity index (χ1v) is 5.95. The predicted octanol–water partition coefficient (Wildman–Crippen LogP) is 0.364. The van der Waals surface area contributed by atoms with Gasteiger partial charge in [0.15, 0.2) is 0 Å². The molecule has 4 atom stereocenters. The summed E-state index contributed by atoms with van der Waals surface area (Å²) in [5.41, 5.74) is -4.34. The lowest BCUT2D eigenvalue weighted by Crippen LogP contribution is -2.65. The topological polar surface area (TPSA) is 149 Å². The summed E-state index contributed by atoms with van der Waals surface area (Å²) in [5, 5.41) is 36.9. The van der Waals surface area contributed by atoms with Crippen LogP contribution in [0.1, 0.15) is 26.7 Å². The first-order valence-electron chi connectivity index (χ1n) is 5.95. The third-order valence-corrected chi connectivity index (χ3v) is 4.71. The summed E-state index contributed by atoms with van der Waals surface area (Å²) in [6, 6.07) is 0. The molecule has 0 heterocycles. The lowest BCUT2D eigenvalue weighted by molar-refractivity contribution is -0.208. The number of carboxylic acid groups (broad SMARTS) is 4. The first-order chi connectivity index (χ1) is 9.03. The molecular formula is C12H16O8. The minimum absolute atomic E-state index is 0.0108. The van der Waals surface area contributed by atoms with Gasteiger partial charge in [-0.1, -0.05) is 6.92 Å². The number of hydrogen-bond donors (Lipinski definition) is 4. The van der Waals surface area contributed by atoms with Crippen molar-refractivity contribution in [3.63, 3.8) is 0 Å². The zero-order valence-electron chi connectivity index (χ0n) is 11.0. The van der Waals surface area contributed by atoms with E-state index in [4.69, 9.17) is 10.2 Å². The Labute approximate surface area is 114 Å². The molecule has 0 aromatic rings. The monoisotopic (exact) mass is 288 g/mol. The van der Waals surface area contributed by atoms with Crippen molar-refractivity contribution >= 4 is 23.9 Å². The van der Waals surface area contributed by atoms with Gasteiger partial charge in [0, 0.05) is 0 Å². The summed E-state index contributed by atoms with van der Waals surface area (Å²) < 4.78 is 0. The fourth-order valence-electron chi connectivity index (χ4n) is 3.02. The van der Waals surface area contributed by atoms with E-state index in [9.17, 15) is 29.4 Å². The fraction of sp³-hybridized carbons (Fsp3) is 0.667. The van der Waals surface area contributed by atoms with E-state index in [1.807, 2.05) is 0 Å². The van der Waals surface area contributed by atoms with Gasteiger partial charge in [-0.2, -0.15) is 0 Å². The third-order valence-electron chi connectivity index (χ3n) is 4.71. The summed E-state index contributed by atoms with van der Waals surface area (Å²) >= 11 is 0. The number of aliphatic carboxylic acids is 4. The molecule has 0 aliphatic heterocycles. The molecule has 8 nitrogen and oxygen atoms in total. The van der Waals surface area contributed by atoms with Crippen molar-refractivity contribution in [2.75, 3.05) is 0 Å². The van der Waals surface area contributed by atoms with Gasteiger partial charge in [-0.3, -0.25) is 19.2 Å². The van der Waals surface area contributed by atoms with Crippen LogP contribution in [0, 0.1) is 22.7 Å². The Kier molecular flexibility index (Phi) is 3.80. The Balaban J connectivity index is 3.51. The van der Waals surface area contributed by atoms with Crippen LogP contribution in [0.5, 0.6) is 0 Å². The highest BCUT2D eigenvalue weighted by atomic mass is 16.4. The lowest BCUT2D eigenvalue weighted by Gasteiger charge is -2.54. The lowest BCUT2D eigenvalue weighted by atomic mass is 9.45. The van der Waals surface area contributed by atoms with Crippen LogP contribution >= 0.6 is 0 Å². The Morgan fingerprint density at radius 1 is 1.15 bits per heavy atom. The minimum atomic E-state index is -2.22. The number of carbonyl (C=O) groups is 4. The van der Waals surface area contributed by atoms with Crippen molar-refractivity contribution < 1.29 is 39.6 Å². The van der Waals surface area contributed by atoms with Crippen LogP contribution in [0.25, 0.3) is 0 Å². The molecule has 4 unspecified atom stereocenters. The molecule has 0 aromatic carbocycles. The number of rotatable bonds is 6. The van der Waals surface area contributed by atoms with Crippen LogP contribution in [0.4, 0.5) is 0 Å². The van der Waals surface area contributed by atoms with Gasteiger partial charge in [0.1, 0.15) is 0 Å². The molecule has 8 heteroatoms. The van der Waals surface area contributed by atoms with Gasteiger partial charge in [-0.25, -0.2) is 0 Å². The van der Waals surface area contributed by atoms with Crippen molar-refractivity contribution in [2.24, 2.45) is 22.7 Å². The van der Waals surface area contributed by atoms with E-state index >= 15 is 0 Å². The average molecular weight is 288 g/mol. The molecule has 0 saturated heterocycles. The van der Waals surface area contributed by atoms with Crippen molar-refractivity contribution in [3.8, 4) is 0 Å². The Morgan fingerprint density at radius 3 is 1.85 bits per heavy atom. The molecule has 0 radical (unpaired) electrons. The van der Waals surface area contributed by atoms with Gasteiger partial charge >= 0.3 is 23.9 Å². The summed E-state index contributed by atoms with van der Waals surface area (Å²) in [5.74, 6) is -9.08. The molecule has 112 valence electrons. The molecule has 1 saturated carbocycles. The smallest absolute Gasteiger partial charge is 0.311 e. The van der Waals surface area contributed by atoms with Crippen molar-refractivity contribution in [1.82, 2.24) is 0 Å². The molecule has 0 aromatic heterocycles. The normalized spacial score (nSPS) is 29.6. The van der Waals surface area contributed by atoms with Crippen LogP contribution in [0.2, 0.25) is 0 Å². The van der Waals surface area contributed by atoms with Gasteiger partial charge in [-0.05, 0) is 19.8 Å². The highest BCUT2D eigenvalue weighted by molar-refractivity contribution is 5.95. The molecule has 1 fully saturated rings. The zero-order chi connectivity index (χ0) is 15.9. The minimum Gasteiger partial charge on any atom is -0.481 e. The zero-order valence-corrected chi connectivity index (χ0v) is 11.0. The third kappa shape index (κ3) is 1.75. The van der Waals surface area contributed by atoms with Crippen LogP contribution in [-0.2, 0) is 19.2 Å². The quantitative estimate of drug-likeness (QED) is 0.547. The maximum Gasteiger partial charge on any atom is 0.311 e. The Bertz CT molecular complexity index is 452. The number of hydrogen-bond acceptors (Lipinski definition) is 4. The second-order valence-corrected chi connectivity index (χ2v) is 5.27. The molecule has 4 N–H and O–H groups in total. The molecule has 20 heavy (non-hydrogen) atoms. The number of carboxylic acids is 4. The molecular weight excluding hydrogens is 272 g/mol. The molecule has 1 rings (SSSR count). The van der Waals surface area contributed by atoms with Gasteiger partial charge in [0.2, 0.25) is 0 Å². The first kappa shape index (κ1) is 15.9. The van der Waals surface area contributed by atoms with Crippen LogP contribution in [0.3, 0.4) is 0 Å². The van der Waals surface area contributed by atoms with Crippen LogP contribution in [-0.4, -0.2) is 44.3 Å². The van der Waals surface area contributed by atoms with E-state index in [1.165, 1.54) is 0 Å². The molecule has 0 amide bonds. The maximum atomic E-state index is 11.6. The van der Waals surface area contributed by atoms with E-state index < -0.39 is 46.5 Å². The SMILES string of the molecule is CC(C(=O)O)C(C)(C(=O)O)C1(C(=O)O)CCC1C(=O)O. The van der Waals surface area contributed by atoms with Gasteiger partial charge < -0.3 is 20.4 Å². The van der Waals surface area contributed by atoms with Gasteiger partial charge in [-0.15, -0.1) is 0 Å². The summed E-state index contributed by atoms with van der Waals surface area (Å²) in [6.45, 7) is 2.08. The molecule has 0 bridgehead atoms. The Morgan fingerprint density at radius 2 is 1.65 bits per heavy atom. The van der Waals surface area contributed by atoms with Crippen molar-refractivity contribution in [1.29, 1.82) is 0 Å².